The number of aromatic nitrogens is 3. The predicted octanol–water partition coefficient (Wildman–Crippen LogP) is 2.26. The molecule has 3 aromatic rings. The molecular weight excluding hydrogens is 348 g/mol. The van der Waals surface area contributed by atoms with Crippen LogP contribution in [0.25, 0.3) is 11.0 Å². The molecule has 0 N–H and O–H groups in total. The topological polar surface area (TPSA) is 117 Å². The number of fused-ring (bicyclic) bond motifs is 1. The molecule has 130 valence electrons. The van der Waals surface area contributed by atoms with Crippen LogP contribution in [0.3, 0.4) is 0 Å². The van der Waals surface area contributed by atoms with E-state index in [1.54, 1.807) is 14.0 Å². The van der Waals surface area contributed by atoms with Gasteiger partial charge < -0.3 is 4.18 Å². The molecule has 3 rings (SSSR count). The summed E-state index contributed by atoms with van der Waals surface area (Å²) in [6.07, 6.45) is 0. The van der Waals surface area contributed by atoms with Crippen molar-refractivity contribution in [1.82, 2.24) is 14.8 Å². The number of nitrogens with zero attached hydrogens (tertiary/aromatic N) is 4. The van der Waals surface area contributed by atoms with E-state index >= 15 is 0 Å². The molecule has 0 fully saturated rings. The third-order valence-electron chi connectivity index (χ3n) is 3.65. The van der Waals surface area contributed by atoms with Crippen molar-refractivity contribution in [3.63, 3.8) is 0 Å². The first kappa shape index (κ1) is 16.8. The van der Waals surface area contributed by atoms with E-state index < -0.39 is 15.0 Å². The molecule has 0 spiro atoms. The summed E-state index contributed by atoms with van der Waals surface area (Å²) < 4.78 is 31.4. The summed E-state index contributed by atoms with van der Waals surface area (Å²) in [5.41, 5.74) is 1.68. The smallest absolute Gasteiger partial charge is 0.340 e. The lowest BCUT2D eigenvalue weighted by molar-refractivity contribution is -0.385. The van der Waals surface area contributed by atoms with Crippen molar-refractivity contribution in [1.29, 1.82) is 0 Å². The number of rotatable bonds is 4. The van der Waals surface area contributed by atoms with E-state index in [4.69, 9.17) is 4.18 Å². The summed E-state index contributed by atoms with van der Waals surface area (Å²) in [7, 11) is -2.56. The van der Waals surface area contributed by atoms with Crippen molar-refractivity contribution in [3.8, 4) is 5.88 Å². The summed E-state index contributed by atoms with van der Waals surface area (Å²) in [6.45, 7) is 3.63. The maximum absolute atomic E-state index is 12.4. The molecule has 0 amide bonds. The summed E-state index contributed by atoms with van der Waals surface area (Å²) in [5, 5.41) is 15.9. The van der Waals surface area contributed by atoms with Gasteiger partial charge in [-0.3, -0.25) is 14.8 Å². The Morgan fingerprint density at radius 3 is 2.64 bits per heavy atom. The monoisotopic (exact) mass is 362 g/mol. The average molecular weight is 362 g/mol. The highest BCUT2D eigenvalue weighted by molar-refractivity contribution is 7.87. The maximum atomic E-state index is 12.4. The molecule has 0 aliphatic carbocycles. The van der Waals surface area contributed by atoms with E-state index in [-0.39, 0.29) is 16.5 Å². The molecule has 9 nitrogen and oxygen atoms in total. The van der Waals surface area contributed by atoms with Gasteiger partial charge in [0.05, 0.1) is 10.6 Å². The Hall–Kier alpha value is -3.01. The lowest BCUT2D eigenvalue weighted by Gasteiger charge is -2.08. The Morgan fingerprint density at radius 1 is 1.24 bits per heavy atom. The Labute approximate surface area is 143 Å². The number of pyridine rings is 1. The summed E-state index contributed by atoms with van der Waals surface area (Å²) in [4.78, 5) is 14.0. The van der Waals surface area contributed by atoms with E-state index in [9.17, 15) is 18.5 Å². The molecule has 0 unspecified atom stereocenters. The van der Waals surface area contributed by atoms with Crippen LogP contribution >= 0.6 is 0 Å². The van der Waals surface area contributed by atoms with Crippen LogP contribution in [0.2, 0.25) is 0 Å². The number of nitro groups is 1. The van der Waals surface area contributed by atoms with Crippen molar-refractivity contribution in [3.05, 3.63) is 51.7 Å². The van der Waals surface area contributed by atoms with E-state index in [1.165, 1.54) is 28.9 Å². The molecule has 0 aliphatic rings. The number of aryl methyl sites for hydroxylation is 3. The SMILES string of the molecule is Cc1cc(OS(=O)(=O)c2cccc([N+](=O)[O-])c2)nc2c1c(C)nn2C. The molecule has 10 heteroatoms. The van der Waals surface area contributed by atoms with Gasteiger partial charge in [0.15, 0.2) is 5.65 Å². The van der Waals surface area contributed by atoms with Gasteiger partial charge in [-0.25, -0.2) is 0 Å². The van der Waals surface area contributed by atoms with Crippen molar-refractivity contribution in [2.75, 3.05) is 0 Å². The first-order chi connectivity index (χ1) is 11.7. The van der Waals surface area contributed by atoms with E-state index in [0.717, 1.165) is 22.7 Å². The molecule has 0 saturated heterocycles. The largest absolute Gasteiger partial charge is 0.358 e. The Bertz CT molecular complexity index is 1100. The quantitative estimate of drug-likeness (QED) is 0.397. The van der Waals surface area contributed by atoms with Crippen LogP contribution in [0.4, 0.5) is 5.69 Å². The van der Waals surface area contributed by atoms with Crippen LogP contribution in [0, 0.1) is 24.0 Å². The highest BCUT2D eigenvalue weighted by Gasteiger charge is 2.22. The van der Waals surface area contributed by atoms with Crippen LogP contribution in [0.1, 0.15) is 11.3 Å². The van der Waals surface area contributed by atoms with Gasteiger partial charge in [-0.15, -0.1) is 0 Å². The second-order valence-corrected chi connectivity index (χ2v) is 7.02. The molecule has 2 heterocycles. The molecule has 0 radical (unpaired) electrons. The fraction of sp³-hybridized carbons (Fsp3) is 0.200. The van der Waals surface area contributed by atoms with Crippen molar-refractivity contribution < 1.29 is 17.5 Å². The lowest BCUT2D eigenvalue weighted by atomic mass is 10.2. The molecule has 2 aromatic heterocycles. The van der Waals surface area contributed by atoms with Crippen LogP contribution in [0.5, 0.6) is 5.88 Å². The lowest BCUT2D eigenvalue weighted by Crippen LogP contribution is -2.11. The van der Waals surface area contributed by atoms with Crippen molar-refractivity contribution in [2.24, 2.45) is 7.05 Å². The first-order valence-corrected chi connectivity index (χ1v) is 8.60. The highest BCUT2D eigenvalue weighted by Crippen LogP contribution is 2.26. The van der Waals surface area contributed by atoms with E-state index in [2.05, 4.69) is 10.1 Å². The molecular formula is C15H14N4O5S. The van der Waals surface area contributed by atoms with Crippen molar-refractivity contribution >= 4 is 26.8 Å². The fourth-order valence-electron chi connectivity index (χ4n) is 2.59. The summed E-state index contributed by atoms with van der Waals surface area (Å²) in [5.74, 6) is -0.125. The van der Waals surface area contributed by atoms with Gasteiger partial charge in [-0.1, -0.05) is 6.07 Å². The maximum Gasteiger partial charge on any atom is 0.340 e. The molecule has 1 aromatic carbocycles. The number of non-ortho nitro benzene ring substituents is 1. The first-order valence-electron chi connectivity index (χ1n) is 7.19. The van der Waals surface area contributed by atoms with Gasteiger partial charge in [0.25, 0.3) is 5.69 Å². The van der Waals surface area contributed by atoms with Crippen LogP contribution in [-0.4, -0.2) is 28.1 Å². The number of benzene rings is 1. The average Bonchev–Trinajstić information content (AvgIpc) is 2.81. The zero-order valence-corrected chi connectivity index (χ0v) is 14.4. The second kappa shape index (κ2) is 5.81. The normalized spacial score (nSPS) is 11.6. The highest BCUT2D eigenvalue weighted by atomic mass is 32.2. The number of nitro benzene ring substituents is 1. The Kier molecular flexibility index (Phi) is 3.91. The predicted molar refractivity (Wildman–Crippen MR) is 88.9 cm³/mol. The molecule has 0 saturated carbocycles. The molecule has 0 atom stereocenters. The van der Waals surface area contributed by atoms with Gasteiger partial charge in [0, 0.05) is 30.6 Å². The minimum Gasteiger partial charge on any atom is -0.358 e. The van der Waals surface area contributed by atoms with Gasteiger partial charge in [-0.05, 0) is 25.5 Å². The minimum atomic E-state index is -4.26. The molecule has 0 aliphatic heterocycles. The van der Waals surface area contributed by atoms with Crippen LogP contribution in [0.15, 0.2) is 35.2 Å². The Balaban J connectivity index is 2.04. The van der Waals surface area contributed by atoms with E-state index in [0.29, 0.717) is 5.65 Å². The minimum absolute atomic E-state index is 0.125. The zero-order valence-electron chi connectivity index (χ0n) is 13.6. The Morgan fingerprint density at radius 2 is 1.96 bits per heavy atom. The van der Waals surface area contributed by atoms with Gasteiger partial charge >= 0.3 is 10.1 Å². The van der Waals surface area contributed by atoms with Crippen molar-refractivity contribution in [2.45, 2.75) is 18.7 Å². The summed E-state index contributed by atoms with van der Waals surface area (Å²) in [6, 6.07) is 6.13. The second-order valence-electron chi connectivity index (χ2n) is 5.48. The summed E-state index contributed by atoms with van der Waals surface area (Å²) >= 11 is 0. The third kappa shape index (κ3) is 3.03. The zero-order chi connectivity index (χ0) is 18.4. The molecule has 0 bridgehead atoms. The number of hydrogen-bond acceptors (Lipinski definition) is 7. The third-order valence-corrected chi connectivity index (χ3v) is 4.88. The standard InChI is InChI=1S/C15H14N4O5S/c1-9-7-13(16-15-14(9)10(2)17-18(15)3)24-25(22,23)12-6-4-5-11(8-12)19(20)21/h4-8H,1-3H3. The van der Waals surface area contributed by atoms with E-state index in [1.807, 2.05) is 6.92 Å². The van der Waals surface area contributed by atoms with Gasteiger partial charge in [0.2, 0.25) is 5.88 Å². The molecule has 25 heavy (non-hydrogen) atoms. The van der Waals surface area contributed by atoms with Crippen LogP contribution < -0.4 is 4.18 Å². The van der Waals surface area contributed by atoms with Gasteiger partial charge in [-0.2, -0.15) is 18.5 Å². The van der Waals surface area contributed by atoms with Crippen LogP contribution in [-0.2, 0) is 17.2 Å². The number of hydrogen-bond donors (Lipinski definition) is 0. The van der Waals surface area contributed by atoms with Gasteiger partial charge in [0.1, 0.15) is 4.90 Å². The fourth-order valence-corrected chi connectivity index (χ4v) is 3.50.